The van der Waals surface area contributed by atoms with Crippen LogP contribution in [0.15, 0.2) is 48.6 Å². The number of carbonyl (C=O) groups is 1. The third kappa shape index (κ3) is 6.52. The van der Waals surface area contributed by atoms with Gasteiger partial charge >= 0.3 is 5.97 Å². The first-order valence-corrected chi connectivity index (χ1v) is 10.8. The predicted octanol–water partition coefficient (Wildman–Crippen LogP) is 4.60. The van der Waals surface area contributed by atoms with E-state index in [2.05, 4.69) is 34.3 Å². The Bertz CT molecular complexity index is 981. The average molecular weight is 439 g/mol. The van der Waals surface area contributed by atoms with Crippen molar-refractivity contribution in [1.29, 1.82) is 0 Å². The van der Waals surface area contributed by atoms with Crippen LogP contribution >= 0.6 is 11.6 Å². The monoisotopic (exact) mass is 438 g/mol. The molecule has 5 nitrogen and oxygen atoms in total. The molecule has 0 unspecified atom stereocenters. The lowest BCUT2D eigenvalue weighted by atomic mass is 10.0. The third-order valence-corrected chi connectivity index (χ3v) is 5.41. The van der Waals surface area contributed by atoms with Crippen LogP contribution in [0.25, 0.3) is 0 Å². The van der Waals surface area contributed by atoms with E-state index in [0.717, 1.165) is 61.3 Å². The second-order valence-electron chi connectivity index (χ2n) is 7.36. The van der Waals surface area contributed by atoms with E-state index < -0.39 is 5.97 Å². The lowest BCUT2D eigenvalue weighted by molar-refractivity contribution is -0.131. The summed E-state index contributed by atoms with van der Waals surface area (Å²) in [6.07, 6.45) is 11.9. The largest absolute Gasteiger partial charge is 0.481 e. The maximum Gasteiger partial charge on any atom is 0.328 e. The number of hydrogen-bond donors (Lipinski definition) is 2. The van der Waals surface area contributed by atoms with Crippen LogP contribution in [-0.2, 0) is 17.6 Å². The van der Waals surface area contributed by atoms with Gasteiger partial charge in [0.2, 0.25) is 0 Å². The summed E-state index contributed by atoms with van der Waals surface area (Å²) in [4.78, 5) is 12.8. The molecule has 31 heavy (non-hydrogen) atoms. The van der Waals surface area contributed by atoms with Crippen LogP contribution in [-0.4, -0.2) is 37.3 Å². The number of unbranched alkanes of at least 4 members (excludes halogenated alkanes) is 1. The van der Waals surface area contributed by atoms with Gasteiger partial charge in [0.15, 0.2) is 0 Å². The van der Waals surface area contributed by atoms with E-state index in [9.17, 15) is 4.79 Å². The van der Waals surface area contributed by atoms with Crippen molar-refractivity contribution in [3.8, 4) is 18.1 Å². The van der Waals surface area contributed by atoms with Gasteiger partial charge in [-0.15, -0.1) is 6.42 Å². The van der Waals surface area contributed by atoms with Crippen molar-refractivity contribution in [3.63, 3.8) is 0 Å². The molecular weight excluding hydrogens is 412 g/mol. The van der Waals surface area contributed by atoms with Crippen LogP contribution in [0.2, 0.25) is 5.02 Å². The van der Waals surface area contributed by atoms with Gasteiger partial charge in [0.05, 0.1) is 0 Å². The lowest BCUT2D eigenvalue weighted by Crippen LogP contribution is -2.22. The summed E-state index contributed by atoms with van der Waals surface area (Å²) in [5.74, 6) is 2.38. The maximum atomic E-state index is 10.5. The Balaban J connectivity index is 1.71. The number of nitrogens with zero attached hydrogens (tertiary/aromatic N) is 1. The number of aryl methyl sites for hydroxylation is 2. The number of rotatable bonds is 10. The van der Waals surface area contributed by atoms with Gasteiger partial charge < -0.3 is 20.1 Å². The Kier molecular flexibility index (Phi) is 8.40. The fourth-order valence-corrected chi connectivity index (χ4v) is 3.91. The Morgan fingerprint density at radius 3 is 2.84 bits per heavy atom. The van der Waals surface area contributed by atoms with Crippen molar-refractivity contribution in [2.45, 2.75) is 25.7 Å². The standard InChI is InChI=1S/C25H27ClN2O3/c1-2-16-31-22-11-12-23-20(17-22)8-7-19-9-10-21(26)18-24(19)28(23)15-4-3-13-27-14-5-6-25(29)30/h1,5-6,9-12,17-18,27H,3-4,7-8,13-16H2,(H,29,30)/b6-5+. The Morgan fingerprint density at radius 2 is 2.03 bits per heavy atom. The van der Waals surface area contributed by atoms with E-state index in [1.807, 2.05) is 18.2 Å². The highest BCUT2D eigenvalue weighted by molar-refractivity contribution is 6.30. The molecule has 2 N–H and O–H groups in total. The molecule has 0 radical (unpaired) electrons. The summed E-state index contributed by atoms with van der Waals surface area (Å²) in [5.41, 5.74) is 4.84. The first-order chi connectivity index (χ1) is 15.1. The van der Waals surface area contributed by atoms with Crippen molar-refractivity contribution < 1.29 is 14.6 Å². The Hall–Kier alpha value is -2.94. The lowest BCUT2D eigenvalue weighted by Gasteiger charge is -2.27. The van der Waals surface area contributed by atoms with Crippen molar-refractivity contribution in [3.05, 3.63) is 64.7 Å². The molecule has 162 valence electrons. The molecule has 0 spiro atoms. The van der Waals surface area contributed by atoms with Crippen LogP contribution in [0.5, 0.6) is 5.75 Å². The molecule has 0 aliphatic carbocycles. The number of halogens is 1. The van der Waals surface area contributed by atoms with E-state index in [1.54, 1.807) is 6.08 Å². The number of hydrogen-bond acceptors (Lipinski definition) is 4. The van der Waals surface area contributed by atoms with Gasteiger partial charge in [-0.25, -0.2) is 4.79 Å². The number of carboxylic acids is 1. The molecule has 3 rings (SSSR count). The molecule has 1 aliphatic rings. The van der Waals surface area contributed by atoms with Crippen LogP contribution < -0.4 is 15.0 Å². The minimum atomic E-state index is -0.924. The van der Waals surface area contributed by atoms with E-state index in [4.69, 9.17) is 27.9 Å². The number of anilines is 2. The quantitative estimate of drug-likeness (QED) is 0.322. The zero-order chi connectivity index (χ0) is 22.1. The van der Waals surface area contributed by atoms with Gasteiger partial charge in [0.25, 0.3) is 0 Å². The molecule has 1 aliphatic heterocycles. The minimum absolute atomic E-state index is 0.257. The highest BCUT2D eigenvalue weighted by atomic mass is 35.5. The Morgan fingerprint density at radius 1 is 1.19 bits per heavy atom. The summed E-state index contributed by atoms with van der Waals surface area (Å²) >= 11 is 6.34. The Labute approximate surface area is 188 Å². The number of terminal acetylenes is 1. The molecule has 0 aromatic heterocycles. The first-order valence-electron chi connectivity index (χ1n) is 10.4. The summed E-state index contributed by atoms with van der Waals surface area (Å²) < 4.78 is 5.63. The molecule has 1 heterocycles. The molecule has 0 bridgehead atoms. The zero-order valence-corrected chi connectivity index (χ0v) is 18.2. The van der Waals surface area contributed by atoms with E-state index >= 15 is 0 Å². The van der Waals surface area contributed by atoms with Crippen LogP contribution in [0.3, 0.4) is 0 Å². The van der Waals surface area contributed by atoms with Crippen LogP contribution in [0.4, 0.5) is 11.4 Å². The van der Waals surface area contributed by atoms with Crippen molar-refractivity contribution in [1.82, 2.24) is 5.32 Å². The summed E-state index contributed by atoms with van der Waals surface area (Å²) in [5, 5.41) is 12.6. The summed E-state index contributed by atoms with van der Waals surface area (Å²) in [6, 6.07) is 12.3. The fraction of sp³-hybridized carbons (Fsp3) is 0.320. The molecular formula is C25H27ClN2O3. The number of carboxylic acid groups (broad SMARTS) is 1. The third-order valence-electron chi connectivity index (χ3n) is 5.17. The van der Waals surface area contributed by atoms with E-state index in [-0.39, 0.29) is 6.61 Å². The number of nitrogens with one attached hydrogen (secondary N) is 1. The van der Waals surface area contributed by atoms with Gasteiger partial charge in [0, 0.05) is 35.6 Å². The van der Waals surface area contributed by atoms with Crippen molar-refractivity contribution >= 4 is 28.9 Å². The van der Waals surface area contributed by atoms with Gasteiger partial charge in [-0.3, -0.25) is 0 Å². The minimum Gasteiger partial charge on any atom is -0.481 e. The number of aliphatic carboxylic acids is 1. The molecule has 0 fully saturated rings. The SMILES string of the molecule is C#CCOc1ccc2c(c1)CCc1ccc(Cl)cc1N2CCCCNC/C=C/C(=O)O. The van der Waals surface area contributed by atoms with Crippen LogP contribution in [0.1, 0.15) is 24.0 Å². The van der Waals surface area contributed by atoms with Crippen molar-refractivity contribution in [2.24, 2.45) is 0 Å². The number of benzene rings is 2. The molecule has 6 heteroatoms. The maximum absolute atomic E-state index is 10.5. The summed E-state index contributed by atoms with van der Waals surface area (Å²) in [6.45, 7) is 2.49. The van der Waals surface area contributed by atoms with Gasteiger partial charge in [-0.05, 0) is 73.7 Å². The van der Waals surface area contributed by atoms with Crippen LogP contribution in [0, 0.1) is 12.3 Å². The second-order valence-corrected chi connectivity index (χ2v) is 7.80. The van der Waals surface area contributed by atoms with E-state index in [1.165, 1.54) is 16.8 Å². The first kappa shape index (κ1) is 22.7. The fourth-order valence-electron chi connectivity index (χ4n) is 3.74. The smallest absolute Gasteiger partial charge is 0.328 e. The number of ether oxygens (including phenoxy) is 1. The van der Waals surface area contributed by atoms with E-state index in [0.29, 0.717) is 6.54 Å². The molecule has 2 aromatic carbocycles. The van der Waals surface area contributed by atoms with Crippen molar-refractivity contribution in [2.75, 3.05) is 31.1 Å². The van der Waals surface area contributed by atoms with Gasteiger partial charge in [0.1, 0.15) is 12.4 Å². The molecule has 0 saturated heterocycles. The second kappa shape index (κ2) is 11.5. The summed E-state index contributed by atoms with van der Waals surface area (Å²) in [7, 11) is 0. The molecule has 0 saturated carbocycles. The van der Waals surface area contributed by atoms with Gasteiger partial charge in [-0.1, -0.05) is 29.7 Å². The van der Waals surface area contributed by atoms with Gasteiger partial charge in [-0.2, -0.15) is 0 Å². The average Bonchev–Trinajstić information content (AvgIpc) is 2.90. The topological polar surface area (TPSA) is 61.8 Å². The zero-order valence-electron chi connectivity index (χ0n) is 17.4. The molecule has 0 amide bonds. The highest BCUT2D eigenvalue weighted by Crippen LogP contribution is 2.39. The molecule has 0 atom stereocenters. The predicted molar refractivity (Wildman–Crippen MR) is 126 cm³/mol. The normalized spacial score (nSPS) is 12.7. The molecule has 2 aromatic rings. The number of fused-ring (bicyclic) bond motifs is 2. The highest BCUT2D eigenvalue weighted by Gasteiger charge is 2.21.